The molecule has 158 valence electrons. The zero-order valence-electron chi connectivity index (χ0n) is 17.2. The first-order valence-electron chi connectivity index (χ1n) is 10.1. The second-order valence-electron chi connectivity index (χ2n) is 7.62. The van der Waals surface area contributed by atoms with Gasteiger partial charge in [-0.15, -0.1) is 17.9 Å². The van der Waals surface area contributed by atoms with Gasteiger partial charge in [0.05, 0.1) is 22.2 Å². The van der Waals surface area contributed by atoms with Crippen LogP contribution in [-0.2, 0) is 24.2 Å². The zero-order chi connectivity index (χ0) is 22.0. The van der Waals surface area contributed by atoms with Crippen LogP contribution in [0.3, 0.4) is 0 Å². The molecule has 1 atom stereocenters. The third kappa shape index (κ3) is 4.29. The fourth-order valence-electron chi connectivity index (χ4n) is 3.80. The van der Waals surface area contributed by atoms with Gasteiger partial charge in [-0.05, 0) is 42.9 Å². The molecule has 1 N–H and O–H groups in total. The maximum Gasteiger partial charge on any atom is 0.262 e. The number of anilines is 1. The number of nitriles is 1. The van der Waals surface area contributed by atoms with E-state index in [1.165, 1.54) is 32.5 Å². The minimum atomic E-state index is -0.222. The van der Waals surface area contributed by atoms with Crippen LogP contribution in [0.1, 0.15) is 29.3 Å². The summed E-state index contributed by atoms with van der Waals surface area (Å²) < 4.78 is 1.53. The molecule has 4 rings (SSSR count). The Morgan fingerprint density at radius 1 is 1.48 bits per heavy atom. The van der Waals surface area contributed by atoms with E-state index < -0.39 is 0 Å². The molecule has 0 saturated carbocycles. The van der Waals surface area contributed by atoms with Crippen molar-refractivity contribution in [1.29, 1.82) is 5.26 Å². The highest BCUT2D eigenvalue weighted by Crippen LogP contribution is 2.39. The summed E-state index contributed by atoms with van der Waals surface area (Å²) in [5.74, 6) is 0.462. The Hall–Kier alpha value is -2.89. The van der Waals surface area contributed by atoms with E-state index in [-0.39, 0.29) is 17.2 Å². The number of fused-ring (bicyclic) bond motifs is 2. The minimum Gasteiger partial charge on any atom is -0.316 e. The maximum absolute atomic E-state index is 12.8. The lowest BCUT2D eigenvalue weighted by Crippen LogP contribution is -2.23. The predicted molar refractivity (Wildman–Crippen MR) is 126 cm³/mol. The number of hydrogen-bond donors (Lipinski definition) is 1. The zero-order valence-corrected chi connectivity index (χ0v) is 18.8. The summed E-state index contributed by atoms with van der Waals surface area (Å²) in [6, 6.07) is 9.44. The van der Waals surface area contributed by atoms with Crippen LogP contribution >= 0.6 is 23.1 Å². The fourth-order valence-corrected chi connectivity index (χ4v) is 5.98. The number of carbonyl (C=O) groups is 1. The van der Waals surface area contributed by atoms with Gasteiger partial charge in [0, 0.05) is 11.4 Å². The van der Waals surface area contributed by atoms with E-state index >= 15 is 0 Å². The van der Waals surface area contributed by atoms with Gasteiger partial charge in [-0.3, -0.25) is 14.2 Å². The van der Waals surface area contributed by atoms with E-state index in [4.69, 9.17) is 0 Å². The van der Waals surface area contributed by atoms with Crippen LogP contribution in [0.5, 0.6) is 0 Å². The molecule has 2 heterocycles. The Balaban J connectivity index is 1.54. The number of nitrogens with one attached hydrogen (secondary N) is 1. The van der Waals surface area contributed by atoms with E-state index in [0.29, 0.717) is 39.1 Å². The number of thioether (sulfide) groups is 1. The summed E-state index contributed by atoms with van der Waals surface area (Å²) in [7, 11) is 0. The monoisotopic (exact) mass is 450 g/mol. The van der Waals surface area contributed by atoms with Gasteiger partial charge in [-0.2, -0.15) is 5.26 Å². The SMILES string of the molecule is C=CCn1c(SCC(=O)Nc2sc3c(c2C#N)CCC(C)C3)nc2ccccc2c1=O. The van der Waals surface area contributed by atoms with Gasteiger partial charge in [-0.1, -0.05) is 36.9 Å². The van der Waals surface area contributed by atoms with Crippen molar-refractivity contribution in [3.63, 3.8) is 0 Å². The highest BCUT2D eigenvalue weighted by molar-refractivity contribution is 7.99. The lowest BCUT2D eigenvalue weighted by Gasteiger charge is -2.17. The van der Waals surface area contributed by atoms with Crippen molar-refractivity contribution in [2.75, 3.05) is 11.1 Å². The van der Waals surface area contributed by atoms with Crippen molar-refractivity contribution in [3.05, 3.63) is 63.3 Å². The quantitative estimate of drug-likeness (QED) is 0.342. The van der Waals surface area contributed by atoms with Crippen LogP contribution in [0, 0.1) is 17.2 Å². The Morgan fingerprint density at radius 2 is 2.29 bits per heavy atom. The number of rotatable bonds is 6. The Labute approximate surface area is 188 Å². The highest BCUT2D eigenvalue weighted by atomic mass is 32.2. The molecule has 6 nitrogen and oxygen atoms in total. The lowest BCUT2D eigenvalue weighted by atomic mass is 9.89. The van der Waals surface area contributed by atoms with E-state index in [1.54, 1.807) is 24.3 Å². The summed E-state index contributed by atoms with van der Waals surface area (Å²) in [6.45, 7) is 6.25. The largest absolute Gasteiger partial charge is 0.316 e. The number of aromatic nitrogens is 2. The Morgan fingerprint density at radius 3 is 3.06 bits per heavy atom. The summed E-state index contributed by atoms with van der Waals surface area (Å²) in [5.41, 5.74) is 2.13. The maximum atomic E-state index is 12.8. The fraction of sp³-hybridized carbons (Fsp3) is 0.304. The third-order valence-corrected chi connectivity index (χ3v) is 7.49. The molecule has 1 aromatic carbocycles. The number of nitrogens with zero attached hydrogens (tertiary/aromatic N) is 3. The standard InChI is InChI=1S/C23H22N4O2S2/c1-3-10-27-22(29)16-6-4-5-7-18(16)25-23(27)30-13-20(28)26-21-17(12-24)15-9-8-14(2)11-19(15)31-21/h3-7,14H,1,8-11,13H2,2H3,(H,26,28). The van der Waals surface area contributed by atoms with Gasteiger partial charge >= 0.3 is 0 Å². The van der Waals surface area contributed by atoms with Crippen LogP contribution in [0.2, 0.25) is 0 Å². The van der Waals surface area contributed by atoms with Gasteiger partial charge in [0.15, 0.2) is 5.16 Å². The van der Waals surface area contributed by atoms with Crippen LogP contribution in [-0.4, -0.2) is 21.2 Å². The van der Waals surface area contributed by atoms with Gasteiger partial charge in [-0.25, -0.2) is 4.98 Å². The molecule has 0 saturated heterocycles. The average molecular weight is 451 g/mol. The van der Waals surface area contributed by atoms with E-state index in [9.17, 15) is 14.9 Å². The molecule has 0 aliphatic heterocycles. The molecular formula is C23H22N4O2S2. The Bertz CT molecular complexity index is 1270. The van der Waals surface area contributed by atoms with Crippen molar-refractivity contribution in [3.8, 4) is 6.07 Å². The molecule has 1 aliphatic carbocycles. The van der Waals surface area contributed by atoms with Gasteiger partial charge in [0.25, 0.3) is 5.56 Å². The lowest BCUT2D eigenvalue weighted by molar-refractivity contribution is -0.113. The molecule has 3 aromatic rings. The first-order valence-corrected chi connectivity index (χ1v) is 11.9. The molecule has 1 amide bonds. The predicted octanol–water partition coefficient (Wildman–Crippen LogP) is 4.37. The van der Waals surface area contributed by atoms with E-state index in [1.807, 2.05) is 6.07 Å². The minimum absolute atomic E-state index is 0.0890. The number of amides is 1. The number of carbonyl (C=O) groups excluding carboxylic acids is 1. The smallest absolute Gasteiger partial charge is 0.262 e. The Kier molecular flexibility index (Phi) is 6.25. The van der Waals surface area contributed by atoms with Gasteiger partial charge in [0.1, 0.15) is 11.1 Å². The molecule has 0 fully saturated rings. The number of allylic oxidation sites excluding steroid dienone is 1. The van der Waals surface area contributed by atoms with Crippen LogP contribution < -0.4 is 10.9 Å². The molecule has 31 heavy (non-hydrogen) atoms. The topological polar surface area (TPSA) is 87.8 Å². The molecular weight excluding hydrogens is 428 g/mol. The highest BCUT2D eigenvalue weighted by Gasteiger charge is 2.24. The third-order valence-electron chi connectivity index (χ3n) is 5.35. The number of hydrogen-bond acceptors (Lipinski definition) is 6. The summed E-state index contributed by atoms with van der Waals surface area (Å²) in [4.78, 5) is 31.3. The summed E-state index contributed by atoms with van der Waals surface area (Å²) >= 11 is 2.71. The molecule has 0 bridgehead atoms. The van der Waals surface area contributed by atoms with E-state index in [0.717, 1.165) is 24.8 Å². The summed E-state index contributed by atoms with van der Waals surface area (Å²) in [5, 5.41) is 14.2. The van der Waals surface area contributed by atoms with Crippen molar-refractivity contribution >= 4 is 44.9 Å². The van der Waals surface area contributed by atoms with Gasteiger partial charge < -0.3 is 5.32 Å². The molecule has 8 heteroatoms. The number of para-hydroxylation sites is 1. The molecule has 2 aromatic heterocycles. The van der Waals surface area contributed by atoms with Crippen LogP contribution in [0.15, 0.2) is 46.9 Å². The first-order chi connectivity index (χ1) is 15.0. The van der Waals surface area contributed by atoms with Crippen molar-refractivity contribution in [2.45, 2.75) is 37.9 Å². The summed E-state index contributed by atoms with van der Waals surface area (Å²) in [6.07, 6.45) is 4.54. The van der Waals surface area contributed by atoms with Gasteiger partial charge in [0.2, 0.25) is 5.91 Å². The first kappa shape index (κ1) is 21.3. The second kappa shape index (κ2) is 9.08. The number of benzene rings is 1. The normalized spacial score (nSPS) is 15.3. The van der Waals surface area contributed by atoms with E-state index in [2.05, 4.69) is 29.9 Å². The van der Waals surface area contributed by atoms with Crippen molar-refractivity contribution in [2.24, 2.45) is 5.92 Å². The van der Waals surface area contributed by atoms with Crippen molar-refractivity contribution in [1.82, 2.24) is 9.55 Å². The van der Waals surface area contributed by atoms with Crippen LogP contribution in [0.4, 0.5) is 5.00 Å². The molecule has 1 unspecified atom stereocenters. The molecule has 0 spiro atoms. The van der Waals surface area contributed by atoms with Crippen LogP contribution in [0.25, 0.3) is 10.9 Å². The molecule has 1 aliphatic rings. The second-order valence-corrected chi connectivity index (χ2v) is 9.67. The average Bonchev–Trinajstić information content (AvgIpc) is 3.10. The molecule has 0 radical (unpaired) electrons. The number of thiophene rings is 1. The van der Waals surface area contributed by atoms with Crippen molar-refractivity contribution < 1.29 is 4.79 Å².